The lowest BCUT2D eigenvalue weighted by Crippen LogP contribution is -2.39. The molecule has 1 atom stereocenters. The van der Waals surface area contributed by atoms with Gasteiger partial charge >= 0.3 is 6.03 Å². The second-order valence-corrected chi connectivity index (χ2v) is 11.2. The summed E-state index contributed by atoms with van der Waals surface area (Å²) in [6.07, 6.45) is 4.15. The minimum absolute atomic E-state index is 0.0470. The number of anilines is 1. The number of aliphatic hydroxyl groups excluding tert-OH is 1. The topological polar surface area (TPSA) is 113 Å². The molecule has 0 saturated carbocycles. The van der Waals surface area contributed by atoms with Crippen LogP contribution in [-0.4, -0.2) is 66.4 Å². The third kappa shape index (κ3) is 8.42. The number of carbonyl (C=O) groups is 2. The number of β-amino-alcohol motifs (C(OH)–C–C–N with tert-alkyl or cyclic N) is 1. The highest BCUT2D eigenvalue weighted by Gasteiger charge is 2.20. The van der Waals surface area contributed by atoms with E-state index in [0.29, 0.717) is 40.3 Å². The molecule has 1 fully saturated rings. The molecule has 2 heterocycles. The normalized spacial score (nSPS) is 14.0. The first-order chi connectivity index (χ1) is 22.2. The highest BCUT2D eigenvalue weighted by molar-refractivity contribution is 7.82. The van der Waals surface area contributed by atoms with Gasteiger partial charge in [0.05, 0.1) is 24.7 Å². The molecule has 0 bridgehead atoms. The summed E-state index contributed by atoms with van der Waals surface area (Å²) in [5.41, 5.74) is 1.06. The Hall–Kier alpha value is -4.46. The molecule has 0 aliphatic carbocycles. The maximum atomic E-state index is 15.2. The summed E-state index contributed by atoms with van der Waals surface area (Å²) >= 11 is 4.11. The molecule has 1 aromatic heterocycles. The number of ether oxygens (including phenoxy) is 3. The number of halogens is 2. The van der Waals surface area contributed by atoms with E-state index in [2.05, 4.69) is 28.0 Å². The molecule has 0 radical (unpaired) electrons. The molecule has 4 aromatic rings. The number of benzene rings is 3. The number of thiol groups is 1. The maximum Gasteiger partial charge on any atom is 0.338 e. The zero-order chi connectivity index (χ0) is 32.6. The average Bonchev–Trinajstić information content (AvgIpc) is 3.05. The number of piperidine rings is 1. The highest BCUT2D eigenvalue weighted by atomic mass is 32.1. The van der Waals surface area contributed by atoms with Gasteiger partial charge in [-0.15, -0.1) is 0 Å². The van der Waals surface area contributed by atoms with Crippen molar-refractivity contribution in [3.63, 3.8) is 0 Å². The Morgan fingerprint density at radius 1 is 1.00 bits per heavy atom. The number of likely N-dealkylation sites (tertiary alicyclic amines) is 1. The zero-order valence-corrected chi connectivity index (χ0v) is 26.0. The van der Waals surface area contributed by atoms with Crippen molar-refractivity contribution in [2.24, 2.45) is 0 Å². The number of methoxy groups -OCH3 is 1. The number of carbonyl (C=O) groups excluding carboxylic acids is 2. The summed E-state index contributed by atoms with van der Waals surface area (Å²) in [6, 6.07) is 13.1. The Morgan fingerprint density at radius 3 is 2.48 bits per heavy atom. The minimum atomic E-state index is -0.896. The molecule has 1 unspecified atom stereocenters. The van der Waals surface area contributed by atoms with Gasteiger partial charge in [0.1, 0.15) is 24.3 Å². The maximum absolute atomic E-state index is 15.2. The number of fused-ring (bicyclic) bond motifs is 1. The number of aromatic nitrogens is 1. The molecular formula is C33H34F2N4O6S. The minimum Gasteiger partial charge on any atom is -0.493 e. The van der Waals surface area contributed by atoms with Gasteiger partial charge in [-0.2, -0.15) is 0 Å². The molecule has 5 rings (SSSR count). The predicted octanol–water partition coefficient (Wildman–Crippen LogP) is 5.67. The number of nitrogens with one attached hydrogen (secondary N) is 1. The van der Waals surface area contributed by atoms with E-state index in [1.165, 1.54) is 56.1 Å². The largest absolute Gasteiger partial charge is 0.493 e. The van der Waals surface area contributed by atoms with Crippen LogP contribution in [0.5, 0.6) is 23.0 Å². The van der Waals surface area contributed by atoms with Gasteiger partial charge in [0, 0.05) is 30.3 Å². The van der Waals surface area contributed by atoms with E-state index < -0.39 is 29.7 Å². The summed E-state index contributed by atoms with van der Waals surface area (Å²) in [7, 11) is 1.49. The third-order valence-corrected chi connectivity index (χ3v) is 7.85. The van der Waals surface area contributed by atoms with Gasteiger partial charge in [0.2, 0.25) is 5.91 Å². The molecular weight excluding hydrogens is 618 g/mol. The number of pyridine rings is 1. The summed E-state index contributed by atoms with van der Waals surface area (Å²) in [4.78, 5) is 31.4. The van der Waals surface area contributed by atoms with Crippen molar-refractivity contribution in [2.75, 3.05) is 37.7 Å². The first-order valence-corrected chi connectivity index (χ1v) is 15.1. The number of aliphatic hydroxyl groups is 1. The monoisotopic (exact) mass is 652 g/mol. The second-order valence-electron chi connectivity index (χ2n) is 10.8. The fourth-order valence-electron chi connectivity index (χ4n) is 5.11. The molecule has 13 heteroatoms. The van der Waals surface area contributed by atoms with Gasteiger partial charge < -0.3 is 24.2 Å². The Morgan fingerprint density at radius 2 is 1.76 bits per heavy atom. The third-order valence-electron chi connectivity index (χ3n) is 7.43. The standard InChI is InChI=1S/C33H34F2N4O6S/c1-43-30-17-25-27(18-31(30)44-20-24(40)19-38-13-3-2-4-14-38)36-12-11-28(25)45-29-10-9-23(16-26(29)35)39(46)33(42)37-32(41)15-21-5-7-22(34)8-6-21/h5-12,16-18,24,40,46H,2-4,13-15,19-20H2,1H3,(H,37,41,42). The Balaban J connectivity index is 1.24. The van der Waals surface area contributed by atoms with Crippen LogP contribution in [-0.2, 0) is 11.2 Å². The molecule has 10 nitrogen and oxygen atoms in total. The first kappa shape index (κ1) is 32.9. The van der Waals surface area contributed by atoms with Crippen LogP contribution in [0.3, 0.4) is 0 Å². The number of nitrogens with zero attached hydrogens (tertiary/aromatic N) is 3. The number of urea groups is 1. The van der Waals surface area contributed by atoms with Crippen molar-refractivity contribution >= 4 is 41.3 Å². The molecule has 46 heavy (non-hydrogen) atoms. The van der Waals surface area contributed by atoms with E-state index in [9.17, 15) is 19.1 Å². The molecule has 3 aromatic carbocycles. The van der Waals surface area contributed by atoms with Crippen LogP contribution in [0.25, 0.3) is 10.9 Å². The smallest absolute Gasteiger partial charge is 0.338 e. The Kier molecular flexibility index (Phi) is 10.9. The predicted molar refractivity (Wildman–Crippen MR) is 172 cm³/mol. The highest BCUT2D eigenvalue weighted by Crippen LogP contribution is 2.38. The van der Waals surface area contributed by atoms with Crippen LogP contribution in [0, 0.1) is 11.6 Å². The molecule has 242 valence electrons. The van der Waals surface area contributed by atoms with Gasteiger partial charge in [-0.05, 0) is 67.9 Å². The van der Waals surface area contributed by atoms with Gasteiger partial charge in [0.15, 0.2) is 23.1 Å². The van der Waals surface area contributed by atoms with Crippen molar-refractivity contribution < 1.29 is 37.7 Å². The second kappa shape index (κ2) is 15.2. The van der Waals surface area contributed by atoms with E-state index in [0.717, 1.165) is 36.3 Å². The molecule has 1 saturated heterocycles. The average molecular weight is 653 g/mol. The Labute approximate surface area is 270 Å². The van der Waals surface area contributed by atoms with E-state index in [-0.39, 0.29) is 24.5 Å². The molecule has 1 aliphatic heterocycles. The van der Waals surface area contributed by atoms with Crippen molar-refractivity contribution in [2.45, 2.75) is 31.8 Å². The van der Waals surface area contributed by atoms with Crippen LogP contribution in [0.4, 0.5) is 19.3 Å². The van der Waals surface area contributed by atoms with E-state index in [1.54, 1.807) is 18.2 Å². The number of rotatable bonds is 11. The number of imide groups is 1. The van der Waals surface area contributed by atoms with Crippen molar-refractivity contribution in [1.29, 1.82) is 0 Å². The van der Waals surface area contributed by atoms with Crippen LogP contribution >= 0.6 is 12.8 Å². The summed E-state index contributed by atoms with van der Waals surface area (Å²) in [5.74, 6) is -0.931. The van der Waals surface area contributed by atoms with Gasteiger partial charge in [-0.1, -0.05) is 31.4 Å². The molecule has 0 spiro atoms. The van der Waals surface area contributed by atoms with Gasteiger partial charge in [-0.3, -0.25) is 15.1 Å². The van der Waals surface area contributed by atoms with Gasteiger partial charge in [-0.25, -0.2) is 17.9 Å². The zero-order valence-electron chi connectivity index (χ0n) is 25.1. The van der Waals surface area contributed by atoms with Crippen molar-refractivity contribution in [3.8, 4) is 23.0 Å². The van der Waals surface area contributed by atoms with Crippen LogP contribution < -0.4 is 23.8 Å². The molecule has 1 aliphatic rings. The lowest BCUT2D eigenvalue weighted by molar-refractivity contribution is -0.119. The fourth-order valence-corrected chi connectivity index (χ4v) is 5.29. The van der Waals surface area contributed by atoms with E-state index in [1.807, 2.05) is 0 Å². The Bertz CT molecular complexity index is 1690. The summed E-state index contributed by atoms with van der Waals surface area (Å²) in [6.45, 7) is 2.54. The van der Waals surface area contributed by atoms with Crippen molar-refractivity contribution in [3.05, 3.63) is 84.1 Å². The molecule has 3 amide bonds. The lowest BCUT2D eigenvalue weighted by Gasteiger charge is -2.28. The first-order valence-electron chi connectivity index (χ1n) is 14.7. The van der Waals surface area contributed by atoms with E-state index >= 15 is 4.39 Å². The van der Waals surface area contributed by atoms with Crippen molar-refractivity contribution in [1.82, 2.24) is 15.2 Å². The van der Waals surface area contributed by atoms with Crippen LogP contribution in [0.15, 0.2) is 66.9 Å². The molecule has 2 N–H and O–H groups in total. The summed E-state index contributed by atoms with van der Waals surface area (Å²) < 4.78 is 46.4. The number of hydrogen-bond acceptors (Lipinski definition) is 9. The lowest BCUT2D eigenvalue weighted by atomic mass is 10.1. The van der Waals surface area contributed by atoms with E-state index in [4.69, 9.17) is 14.2 Å². The number of amides is 3. The van der Waals surface area contributed by atoms with Gasteiger partial charge in [0.25, 0.3) is 0 Å². The SMILES string of the molecule is COc1cc2c(Oc3ccc(N(S)C(=O)NC(=O)Cc4ccc(F)cc4)cc3F)ccnc2cc1OCC(O)CN1CCCCC1. The number of hydrogen-bond donors (Lipinski definition) is 3. The fraction of sp³-hybridized carbons (Fsp3) is 0.303. The van der Waals surface area contributed by atoms with Crippen LogP contribution in [0.1, 0.15) is 24.8 Å². The summed E-state index contributed by atoms with van der Waals surface area (Å²) in [5, 5.41) is 13.2. The van der Waals surface area contributed by atoms with Crippen LogP contribution in [0.2, 0.25) is 0 Å². The quantitative estimate of drug-likeness (QED) is 0.178.